The van der Waals surface area contributed by atoms with Crippen molar-refractivity contribution in [1.29, 1.82) is 0 Å². The van der Waals surface area contributed by atoms with Gasteiger partial charge in [-0.3, -0.25) is 4.90 Å². The van der Waals surface area contributed by atoms with Crippen molar-refractivity contribution in [2.24, 2.45) is 5.92 Å². The molecule has 1 saturated heterocycles. The number of likely N-dealkylation sites (tertiary alicyclic amines) is 1. The van der Waals surface area contributed by atoms with E-state index in [1.807, 2.05) is 24.3 Å². The molecule has 2 nitrogen and oxygen atoms in total. The van der Waals surface area contributed by atoms with E-state index in [1.54, 1.807) is 18.2 Å². The molecule has 0 spiro atoms. The zero-order valence-corrected chi connectivity index (χ0v) is 15.0. The summed E-state index contributed by atoms with van der Waals surface area (Å²) in [7, 11) is 0. The maximum Gasteiger partial charge on any atom is 0.165 e. The molecule has 2 aromatic rings. The van der Waals surface area contributed by atoms with Gasteiger partial charge in [0, 0.05) is 6.54 Å². The van der Waals surface area contributed by atoms with Gasteiger partial charge in [-0.25, -0.2) is 4.39 Å². The molecule has 0 saturated carbocycles. The third-order valence-electron chi connectivity index (χ3n) is 4.91. The maximum absolute atomic E-state index is 13.6. The summed E-state index contributed by atoms with van der Waals surface area (Å²) in [6.45, 7) is 7.87. The highest BCUT2D eigenvalue weighted by atomic mass is 19.1. The van der Waals surface area contributed by atoms with Crippen LogP contribution in [0.3, 0.4) is 0 Å². The Kier molecular flexibility index (Phi) is 5.87. The Hall–Kier alpha value is -2.13. The van der Waals surface area contributed by atoms with Gasteiger partial charge in [0.1, 0.15) is 5.75 Å². The second-order valence-electron chi connectivity index (χ2n) is 6.93. The summed E-state index contributed by atoms with van der Waals surface area (Å²) < 4.78 is 19.3. The number of halogens is 1. The molecule has 0 aliphatic carbocycles. The number of allylic oxidation sites excluding steroid dienone is 1. The number of rotatable bonds is 5. The van der Waals surface area contributed by atoms with Crippen molar-refractivity contribution in [3.8, 4) is 11.5 Å². The molecule has 0 bridgehead atoms. The van der Waals surface area contributed by atoms with E-state index in [0.717, 1.165) is 12.5 Å². The third kappa shape index (κ3) is 4.93. The molecule has 0 radical (unpaired) electrons. The molecule has 2 aromatic carbocycles. The van der Waals surface area contributed by atoms with E-state index in [4.69, 9.17) is 4.74 Å². The monoisotopic (exact) mass is 339 g/mol. The molecule has 1 heterocycles. The van der Waals surface area contributed by atoms with E-state index in [0.29, 0.717) is 5.75 Å². The number of para-hydroxylation sites is 1. The number of nitrogens with zero attached hydrogens (tertiary/aromatic N) is 1. The van der Waals surface area contributed by atoms with Crippen LogP contribution in [0.25, 0.3) is 5.57 Å². The van der Waals surface area contributed by atoms with Crippen molar-refractivity contribution in [1.82, 2.24) is 4.90 Å². The molecule has 0 aromatic heterocycles. The Morgan fingerprint density at radius 1 is 1.12 bits per heavy atom. The lowest BCUT2D eigenvalue weighted by molar-refractivity contribution is 0.210. The van der Waals surface area contributed by atoms with Crippen LogP contribution in [0.2, 0.25) is 0 Å². The first kappa shape index (κ1) is 17.7. The molecular weight excluding hydrogens is 313 g/mol. The molecular formula is C22H26FNO. The lowest BCUT2D eigenvalue weighted by Gasteiger charge is -2.29. The SMILES string of the molecule is CC(=CCN1CCC(C)CC1)c1ccc(Oc2ccccc2F)cc1. The first-order valence-corrected chi connectivity index (χ1v) is 9.04. The van der Waals surface area contributed by atoms with Crippen LogP contribution < -0.4 is 4.74 Å². The van der Waals surface area contributed by atoms with Crippen molar-refractivity contribution >= 4 is 5.57 Å². The Balaban J connectivity index is 1.59. The van der Waals surface area contributed by atoms with Crippen LogP contribution in [-0.2, 0) is 0 Å². The zero-order valence-electron chi connectivity index (χ0n) is 15.0. The largest absolute Gasteiger partial charge is 0.454 e. The van der Waals surface area contributed by atoms with Crippen LogP contribution in [0.5, 0.6) is 11.5 Å². The Bertz CT molecular complexity index is 715. The molecule has 1 aliphatic heterocycles. The fourth-order valence-corrected chi connectivity index (χ4v) is 3.07. The van der Waals surface area contributed by atoms with Crippen LogP contribution in [0.4, 0.5) is 4.39 Å². The first-order chi connectivity index (χ1) is 12.1. The first-order valence-electron chi connectivity index (χ1n) is 9.04. The Morgan fingerprint density at radius 2 is 1.80 bits per heavy atom. The standard InChI is InChI=1S/C22H26FNO/c1-17-11-14-24(15-12-17)16-13-18(2)19-7-9-20(10-8-19)25-22-6-4-3-5-21(22)23/h3-10,13,17H,11-12,14-16H2,1-2H3. The highest BCUT2D eigenvalue weighted by molar-refractivity contribution is 5.64. The second-order valence-corrected chi connectivity index (χ2v) is 6.93. The van der Waals surface area contributed by atoms with E-state index in [2.05, 4.69) is 24.8 Å². The Labute approximate surface area is 149 Å². The summed E-state index contributed by atoms with van der Waals surface area (Å²) in [6.07, 6.45) is 4.90. The number of hydrogen-bond acceptors (Lipinski definition) is 2. The number of ether oxygens (including phenoxy) is 1. The van der Waals surface area contributed by atoms with Crippen LogP contribution in [0.1, 0.15) is 32.3 Å². The Morgan fingerprint density at radius 3 is 2.48 bits per heavy atom. The summed E-state index contributed by atoms with van der Waals surface area (Å²) >= 11 is 0. The van der Waals surface area contributed by atoms with Crippen LogP contribution >= 0.6 is 0 Å². The van der Waals surface area contributed by atoms with Crippen LogP contribution in [0, 0.1) is 11.7 Å². The van der Waals surface area contributed by atoms with Crippen molar-refractivity contribution in [2.45, 2.75) is 26.7 Å². The quantitative estimate of drug-likeness (QED) is 0.687. The van der Waals surface area contributed by atoms with Crippen molar-refractivity contribution in [3.63, 3.8) is 0 Å². The number of benzene rings is 2. The highest BCUT2D eigenvalue weighted by Crippen LogP contribution is 2.26. The van der Waals surface area contributed by atoms with Gasteiger partial charge in [0.2, 0.25) is 0 Å². The topological polar surface area (TPSA) is 12.5 Å². The van der Waals surface area contributed by atoms with E-state index in [1.165, 1.54) is 43.1 Å². The van der Waals surface area contributed by atoms with E-state index >= 15 is 0 Å². The predicted octanol–water partition coefficient (Wildman–Crippen LogP) is 5.75. The third-order valence-corrected chi connectivity index (χ3v) is 4.91. The molecule has 0 atom stereocenters. The van der Waals surface area contributed by atoms with Gasteiger partial charge in [0.25, 0.3) is 0 Å². The molecule has 0 amide bonds. The van der Waals surface area contributed by atoms with Crippen molar-refractivity contribution in [3.05, 3.63) is 66.0 Å². The van der Waals surface area contributed by atoms with Crippen molar-refractivity contribution in [2.75, 3.05) is 19.6 Å². The molecule has 3 rings (SSSR count). The van der Waals surface area contributed by atoms with E-state index in [9.17, 15) is 4.39 Å². The molecule has 132 valence electrons. The smallest absolute Gasteiger partial charge is 0.165 e. The zero-order chi connectivity index (χ0) is 17.6. The van der Waals surface area contributed by atoms with Gasteiger partial charge >= 0.3 is 0 Å². The van der Waals surface area contributed by atoms with Gasteiger partial charge in [0.05, 0.1) is 0 Å². The van der Waals surface area contributed by atoms with Crippen LogP contribution in [0.15, 0.2) is 54.6 Å². The fraction of sp³-hybridized carbons (Fsp3) is 0.364. The average Bonchev–Trinajstić information content (AvgIpc) is 2.63. The molecule has 3 heteroatoms. The minimum atomic E-state index is -0.349. The van der Waals surface area contributed by atoms with Gasteiger partial charge in [-0.05, 0) is 74.2 Å². The van der Waals surface area contributed by atoms with Crippen LogP contribution in [-0.4, -0.2) is 24.5 Å². The molecule has 0 N–H and O–H groups in total. The lowest BCUT2D eigenvalue weighted by atomic mass is 9.99. The summed E-state index contributed by atoms with van der Waals surface area (Å²) in [5, 5.41) is 0. The molecule has 0 unspecified atom stereocenters. The second kappa shape index (κ2) is 8.30. The van der Waals surface area contributed by atoms with Gasteiger partial charge in [-0.15, -0.1) is 0 Å². The highest BCUT2D eigenvalue weighted by Gasteiger charge is 2.14. The number of piperidine rings is 1. The van der Waals surface area contributed by atoms with Crippen molar-refractivity contribution < 1.29 is 9.13 Å². The number of hydrogen-bond donors (Lipinski definition) is 0. The predicted molar refractivity (Wildman–Crippen MR) is 101 cm³/mol. The summed E-state index contributed by atoms with van der Waals surface area (Å²) in [5.74, 6) is 1.41. The lowest BCUT2D eigenvalue weighted by Crippen LogP contribution is -2.32. The van der Waals surface area contributed by atoms with Gasteiger partial charge in [0.15, 0.2) is 11.6 Å². The van der Waals surface area contributed by atoms with Gasteiger partial charge in [-0.2, -0.15) is 0 Å². The summed E-state index contributed by atoms with van der Waals surface area (Å²) in [6, 6.07) is 14.3. The molecule has 1 aliphatic rings. The van der Waals surface area contributed by atoms with E-state index < -0.39 is 0 Å². The minimum absolute atomic E-state index is 0.252. The fourth-order valence-electron chi connectivity index (χ4n) is 3.07. The van der Waals surface area contributed by atoms with Gasteiger partial charge < -0.3 is 4.74 Å². The average molecular weight is 339 g/mol. The van der Waals surface area contributed by atoms with Gasteiger partial charge in [-0.1, -0.05) is 37.3 Å². The minimum Gasteiger partial charge on any atom is -0.454 e. The van der Waals surface area contributed by atoms with E-state index in [-0.39, 0.29) is 11.6 Å². The normalized spacial score (nSPS) is 16.8. The summed E-state index contributed by atoms with van der Waals surface area (Å²) in [5.41, 5.74) is 2.43. The summed E-state index contributed by atoms with van der Waals surface area (Å²) in [4.78, 5) is 2.51. The molecule has 25 heavy (non-hydrogen) atoms. The molecule has 1 fully saturated rings. The maximum atomic E-state index is 13.6.